The second-order valence-corrected chi connectivity index (χ2v) is 5.50. The zero-order valence-corrected chi connectivity index (χ0v) is 12.4. The van der Waals surface area contributed by atoms with Crippen molar-refractivity contribution in [1.29, 1.82) is 0 Å². The molecule has 0 saturated heterocycles. The smallest absolute Gasteiger partial charge is 0.109 e. The summed E-state index contributed by atoms with van der Waals surface area (Å²) < 4.78 is 3.38. The van der Waals surface area contributed by atoms with Gasteiger partial charge in [0.1, 0.15) is 5.82 Å². The summed E-state index contributed by atoms with van der Waals surface area (Å²) in [5, 5.41) is 0. The van der Waals surface area contributed by atoms with Crippen LogP contribution in [0.25, 0.3) is 11.0 Å². The van der Waals surface area contributed by atoms with E-state index in [0.29, 0.717) is 0 Å². The number of nitrogens with zero attached hydrogens (tertiary/aromatic N) is 2. The summed E-state index contributed by atoms with van der Waals surface area (Å²) in [6, 6.07) is 16.8. The highest BCUT2D eigenvalue weighted by Gasteiger charge is 2.09. The van der Waals surface area contributed by atoms with Crippen LogP contribution in [0, 0.1) is 0 Å². The number of aromatic nitrogens is 2. The van der Waals surface area contributed by atoms with Gasteiger partial charge in [-0.3, -0.25) is 0 Å². The minimum Gasteiger partial charge on any atom is -0.323 e. The second-order valence-electron chi connectivity index (χ2n) is 4.59. The van der Waals surface area contributed by atoms with E-state index in [1.54, 1.807) is 0 Å². The summed E-state index contributed by atoms with van der Waals surface area (Å²) in [6.45, 7) is 3.03. The first-order chi connectivity index (χ1) is 9.28. The van der Waals surface area contributed by atoms with Crippen molar-refractivity contribution >= 4 is 27.0 Å². The van der Waals surface area contributed by atoms with Crippen LogP contribution in [0.5, 0.6) is 0 Å². The number of halogens is 1. The summed E-state index contributed by atoms with van der Waals surface area (Å²) in [4.78, 5) is 4.72. The van der Waals surface area contributed by atoms with E-state index >= 15 is 0 Å². The van der Waals surface area contributed by atoms with Crippen molar-refractivity contribution in [2.75, 3.05) is 0 Å². The van der Waals surface area contributed by atoms with Crippen LogP contribution in [0.3, 0.4) is 0 Å². The first kappa shape index (κ1) is 12.4. The second kappa shape index (κ2) is 5.17. The van der Waals surface area contributed by atoms with Gasteiger partial charge in [0.25, 0.3) is 0 Å². The number of aryl methyl sites for hydroxylation is 1. The molecule has 0 unspecified atom stereocenters. The third-order valence-electron chi connectivity index (χ3n) is 3.29. The van der Waals surface area contributed by atoms with Gasteiger partial charge in [0, 0.05) is 17.4 Å². The van der Waals surface area contributed by atoms with E-state index in [-0.39, 0.29) is 0 Å². The lowest BCUT2D eigenvalue weighted by atomic mass is 10.2. The lowest BCUT2D eigenvalue weighted by molar-refractivity contribution is 0.753. The summed E-state index contributed by atoms with van der Waals surface area (Å²) in [5.41, 5.74) is 3.56. The molecule has 0 aliphatic heterocycles. The number of benzene rings is 2. The maximum absolute atomic E-state index is 4.72. The molecule has 1 heterocycles. The fourth-order valence-corrected chi connectivity index (χ4v) is 2.71. The van der Waals surface area contributed by atoms with Crippen LogP contribution in [0.4, 0.5) is 0 Å². The van der Waals surface area contributed by atoms with Crippen LogP contribution >= 0.6 is 15.9 Å². The first-order valence-corrected chi connectivity index (χ1v) is 7.26. The van der Waals surface area contributed by atoms with E-state index in [2.05, 4.69) is 69.9 Å². The third-order valence-corrected chi connectivity index (χ3v) is 3.78. The molecule has 0 saturated carbocycles. The van der Waals surface area contributed by atoms with Crippen molar-refractivity contribution in [3.8, 4) is 0 Å². The van der Waals surface area contributed by atoms with Crippen LogP contribution in [-0.4, -0.2) is 9.55 Å². The molecule has 3 aromatic rings. The molecule has 1 aromatic heterocycles. The van der Waals surface area contributed by atoms with E-state index in [4.69, 9.17) is 4.98 Å². The molecule has 0 amide bonds. The van der Waals surface area contributed by atoms with E-state index in [0.717, 1.165) is 28.8 Å². The molecule has 96 valence electrons. The Bertz CT molecular complexity index is 701. The molecule has 19 heavy (non-hydrogen) atoms. The average molecular weight is 315 g/mol. The lowest BCUT2D eigenvalue weighted by Gasteiger charge is -2.08. The highest BCUT2D eigenvalue weighted by Crippen LogP contribution is 2.22. The molecule has 0 aliphatic carbocycles. The number of rotatable bonds is 3. The van der Waals surface area contributed by atoms with E-state index in [1.807, 2.05) is 6.07 Å². The van der Waals surface area contributed by atoms with Gasteiger partial charge < -0.3 is 4.57 Å². The predicted octanol–water partition coefficient (Wildman–Crippen LogP) is 4.41. The molecule has 0 aliphatic rings. The van der Waals surface area contributed by atoms with Crippen LogP contribution in [0.1, 0.15) is 18.3 Å². The Labute approximate surface area is 121 Å². The maximum Gasteiger partial charge on any atom is 0.109 e. The molecule has 0 N–H and O–H groups in total. The van der Waals surface area contributed by atoms with Gasteiger partial charge in [0.2, 0.25) is 0 Å². The van der Waals surface area contributed by atoms with Gasteiger partial charge >= 0.3 is 0 Å². The largest absolute Gasteiger partial charge is 0.323 e. The van der Waals surface area contributed by atoms with Crippen LogP contribution in [0.2, 0.25) is 0 Å². The Morgan fingerprint density at radius 3 is 2.63 bits per heavy atom. The Kier molecular flexibility index (Phi) is 3.38. The highest BCUT2D eigenvalue weighted by molar-refractivity contribution is 9.10. The van der Waals surface area contributed by atoms with E-state index in [9.17, 15) is 0 Å². The maximum atomic E-state index is 4.72. The van der Waals surface area contributed by atoms with Crippen molar-refractivity contribution in [2.24, 2.45) is 0 Å². The lowest BCUT2D eigenvalue weighted by Crippen LogP contribution is -2.04. The Morgan fingerprint density at radius 2 is 1.89 bits per heavy atom. The van der Waals surface area contributed by atoms with Crippen molar-refractivity contribution in [1.82, 2.24) is 9.55 Å². The van der Waals surface area contributed by atoms with Gasteiger partial charge in [0.15, 0.2) is 0 Å². The highest BCUT2D eigenvalue weighted by atomic mass is 79.9. The monoisotopic (exact) mass is 314 g/mol. The average Bonchev–Trinajstić information content (AvgIpc) is 2.77. The Balaban J connectivity index is 2.11. The number of hydrogen-bond acceptors (Lipinski definition) is 1. The molecular formula is C16H15BrN2. The van der Waals surface area contributed by atoms with Gasteiger partial charge in [-0.1, -0.05) is 53.2 Å². The van der Waals surface area contributed by atoms with Crippen LogP contribution in [-0.2, 0) is 13.0 Å². The van der Waals surface area contributed by atoms with E-state index < -0.39 is 0 Å². The fraction of sp³-hybridized carbons (Fsp3) is 0.188. The summed E-state index contributed by atoms with van der Waals surface area (Å²) in [5.74, 6) is 1.14. The van der Waals surface area contributed by atoms with Crippen molar-refractivity contribution in [3.05, 3.63) is 64.4 Å². The van der Waals surface area contributed by atoms with Crippen molar-refractivity contribution in [3.63, 3.8) is 0 Å². The molecule has 2 aromatic carbocycles. The summed E-state index contributed by atoms with van der Waals surface area (Å²) in [7, 11) is 0. The number of hydrogen-bond donors (Lipinski definition) is 0. The van der Waals surface area contributed by atoms with Crippen molar-refractivity contribution in [2.45, 2.75) is 19.9 Å². The SMILES string of the molecule is CCc1nc2cc(Br)ccc2n1Cc1ccccc1. The molecule has 0 fully saturated rings. The molecule has 0 radical (unpaired) electrons. The zero-order valence-electron chi connectivity index (χ0n) is 10.8. The predicted molar refractivity (Wildman–Crippen MR) is 82.4 cm³/mol. The van der Waals surface area contributed by atoms with Crippen LogP contribution in [0.15, 0.2) is 53.0 Å². The standard InChI is InChI=1S/C16H15BrN2/c1-2-16-18-14-10-13(17)8-9-15(14)19(16)11-12-6-4-3-5-7-12/h3-10H,2,11H2,1H3. The molecule has 3 rings (SSSR count). The summed E-state index contributed by atoms with van der Waals surface area (Å²) in [6.07, 6.45) is 0.944. The zero-order chi connectivity index (χ0) is 13.2. The molecular weight excluding hydrogens is 300 g/mol. The quantitative estimate of drug-likeness (QED) is 0.700. The normalized spacial score (nSPS) is 11.1. The fourth-order valence-electron chi connectivity index (χ4n) is 2.37. The Morgan fingerprint density at radius 1 is 1.11 bits per heavy atom. The number of imidazole rings is 1. The molecule has 0 atom stereocenters. The van der Waals surface area contributed by atoms with Crippen molar-refractivity contribution < 1.29 is 0 Å². The molecule has 0 bridgehead atoms. The number of fused-ring (bicyclic) bond motifs is 1. The molecule has 3 heteroatoms. The Hall–Kier alpha value is -1.61. The topological polar surface area (TPSA) is 17.8 Å². The summed E-state index contributed by atoms with van der Waals surface area (Å²) >= 11 is 3.51. The first-order valence-electron chi connectivity index (χ1n) is 6.46. The minimum atomic E-state index is 0.877. The molecule has 2 nitrogen and oxygen atoms in total. The van der Waals surface area contributed by atoms with Crippen LogP contribution < -0.4 is 0 Å². The van der Waals surface area contributed by atoms with E-state index in [1.165, 1.54) is 11.1 Å². The van der Waals surface area contributed by atoms with Gasteiger partial charge in [-0.25, -0.2) is 4.98 Å². The van der Waals surface area contributed by atoms with Gasteiger partial charge in [-0.2, -0.15) is 0 Å². The molecule has 0 spiro atoms. The van der Waals surface area contributed by atoms with Gasteiger partial charge in [-0.05, 0) is 23.8 Å². The van der Waals surface area contributed by atoms with Gasteiger partial charge in [0.05, 0.1) is 11.0 Å². The minimum absolute atomic E-state index is 0.877. The van der Waals surface area contributed by atoms with Gasteiger partial charge in [-0.15, -0.1) is 0 Å². The third kappa shape index (κ3) is 2.43.